The van der Waals surface area contributed by atoms with E-state index in [0.29, 0.717) is 23.9 Å². The fourth-order valence-electron chi connectivity index (χ4n) is 12.4. The summed E-state index contributed by atoms with van der Waals surface area (Å²) in [5.41, 5.74) is 18.5. The molecule has 372 valence electrons. The molecule has 0 radical (unpaired) electrons. The Balaban J connectivity index is 1.00. The molecular formula is C72H53N5O. The highest BCUT2D eigenvalue weighted by Gasteiger charge is 2.47. The molecule has 2 aromatic heterocycles. The Morgan fingerprint density at radius 1 is 0.487 bits per heavy atom. The van der Waals surface area contributed by atoms with E-state index in [0.717, 1.165) is 106 Å². The number of anilines is 4. The first-order valence-electron chi connectivity index (χ1n) is 26.7. The third-order valence-electron chi connectivity index (χ3n) is 15.9. The van der Waals surface area contributed by atoms with Gasteiger partial charge in [0.15, 0.2) is 5.69 Å². The summed E-state index contributed by atoms with van der Waals surface area (Å²) in [6.45, 7) is 15.5. The predicted octanol–water partition coefficient (Wildman–Crippen LogP) is 18.8. The Hall–Kier alpha value is -9.96. The van der Waals surface area contributed by atoms with Gasteiger partial charge in [-0.3, -0.25) is 4.57 Å². The number of nitrogens with zero attached hydrogens (tertiary/aromatic N) is 5. The zero-order chi connectivity index (χ0) is 52.5. The maximum atomic E-state index is 8.30. The molecule has 0 amide bonds. The number of aromatic nitrogens is 2. The molecule has 0 saturated heterocycles. The van der Waals surface area contributed by atoms with Crippen LogP contribution in [0.4, 0.5) is 28.4 Å². The third-order valence-corrected chi connectivity index (χ3v) is 15.9. The van der Waals surface area contributed by atoms with Crippen LogP contribution >= 0.6 is 0 Å². The van der Waals surface area contributed by atoms with Gasteiger partial charge in [-0.2, -0.15) is 0 Å². The number of rotatable bonds is 9. The summed E-state index contributed by atoms with van der Waals surface area (Å²) in [5.74, 6) is 2.25. The molecule has 12 aromatic rings. The lowest BCUT2D eigenvalue weighted by Gasteiger charge is -2.35. The second-order valence-corrected chi connectivity index (χ2v) is 21.4. The van der Waals surface area contributed by atoms with Gasteiger partial charge in [-0.25, -0.2) is 9.83 Å². The maximum Gasteiger partial charge on any atom is 0.187 e. The average Bonchev–Trinajstić information content (AvgIpc) is 4.33. The SMILES string of the molecule is [C-]#[N+]c1ccc2c(c1)C(c1ccccc1)(c1cc(Oc3ccc4c5ccccc5n(-c5cc(C(C)(C)C)ccn5)c4c3)cc(N3CN(c4c(-c5ccccc5)cccc4-c4ccccc4)c4ccccc43)c1)c1ccccc1-2. The first-order chi connectivity index (χ1) is 38.3. The summed E-state index contributed by atoms with van der Waals surface area (Å²) in [6, 6.07) is 88.8. The number of pyridine rings is 1. The topological polar surface area (TPSA) is 37.9 Å². The van der Waals surface area contributed by atoms with Crippen LogP contribution < -0.4 is 14.5 Å². The lowest BCUT2D eigenvalue weighted by atomic mass is 9.67. The summed E-state index contributed by atoms with van der Waals surface area (Å²) < 4.78 is 9.66. The van der Waals surface area contributed by atoms with E-state index in [2.05, 4.69) is 283 Å². The predicted molar refractivity (Wildman–Crippen MR) is 320 cm³/mol. The van der Waals surface area contributed by atoms with Crippen LogP contribution in [-0.4, -0.2) is 16.2 Å². The molecule has 1 aliphatic heterocycles. The van der Waals surface area contributed by atoms with Crippen LogP contribution in [0.3, 0.4) is 0 Å². The Bertz CT molecular complexity index is 4280. The van der Waals surface area contributed by atoms with Gasteiger partial charge in [0.2, 0.25) is 0 Å². The largest absolute Gasteiger partial charge is 0.457 e. The van der Waals surface area contributed by atoms with Gasteiger partial charge in [0, 0.05) is 45.9 Å². The molecule has 10 aromatic carbocycles. The Morgan fingerprint density at radius 3 is 1.85 bits per heavy atom. The minimum absolute atomic E-state index is 0.0647. The van der Waals surface area contributed by atoms with Crippen molar-refractivity contribution in [3.05, 3.63) is 294 Å². The Labute approximate surface area is 455 Å². The highest BCUT2D eigenvalue weighted by atomic mass is 16.5. The fraction of sp³-hybridized carbons (Fsp3) is 0.0833. The van der Waals surface area contributed by atoms with Gasteiger partial charge < -0.3 is 14.5 Å². The molecule has 0 fully saturated rings. The Kier molecular flexibility index (Phi) is 11.0. The van der Waals surface area contributed by atoms with E-state index in [1.54, 1.807) is 0 Å². The molecule has 78 heavy (non-hydrogen) atoms. The van der Waals surface area contributed by atoms with Gasteiger partial charge in [0.05, 0.1) is 40.1 Å². The number of benzene rings is 10. The molecule has 6 nitrogen and oxygen atoms in total. The van der Waals surface area contributed by atoms with Gasteiger partial charge in [-0.05, 0) is 110 Å². The molecule has 1 aliphatic carbocycles. The van der Waals surface area contributed by atoms with Gasteiger partial charge in [-0.1, -0.05) is 203 Å². The van der Waals surface area contributed by atoms with Gasteiger partial charge in [0.25, 0.3) is 0 Å². The smallest absolute Gasteiger partial charge is 0.187 e. The second-order valence-electron chi connectivity index (χ2n) is 21.4. The van der Waals surface area contributed by atoms with Crippen molar-refractivity contribution in [3.63, 3.8) is 0 Å². The van der Waals surface area contributed by atoms with Crippen molar-refractivity contribution < 1.29 is 4.74 Å². The molecule has 0 bridgehead atoms. The minimum atomic E-state index is -0.832. The monoisotopic (exact) mass is 1000 g/mol. The van der Waals surface area contributed by atoms with E-state index in [-0.39, 0.29) is 5.41 Å². The first-order valence-corrected chi connectivity index (χ1v) is 26.7. The molecule has 2 aliphatic rings. The number of hydrogen-bond acceptors (Lipinski definition) is 4. The third kappa shape index (κ3) is 7.50. The highest BCUT2D eigenvalue weighted by Crippen LogP contribution is 2.59. The van der Waals surface area contributed by atoms with Crippen molar-refractivity contribution >= 4 is 50.2 Å². The quantitative estimate of drug-likeness (QED) is 0.135. The van der Waals surface area contributed by atoms with Gasteiger partial charge in [0.1, 0.15) is 24.0 Å². The number of ether oxygens (including phenoxy) is 1. The number of hydrogen-bond donors (Lipinski definition) is 0. The number of fused-ring (bicyclic) bond motifs is 7. The van der Waals surface area contributed by atoms with Crippen molar-refractivity contribution in [3.8, 4) is 50.7 Å². The van der Waals surface area contributed by atoms with E-state index < -0.39 is 5.41 Å². The van der Waals surface area contributed by atoms with Crippen molar-refractivity contribution in [2.45, 2.75) is 31.6 Å². The summed E-state index contributed by atoms with van der Waals surface area (Å²) in [4.78, 5) is 13.9. The molecule has 3 heterocycles. The van der Waals surface area contributed by atoms with Crippen LogP contribution in [0.15, 0.2) is 255 Å². The zero-order valence-corrected chi connectivity index (χ0v) is 43.6. The number of para-hydroxylation sites is 4. The average molecular weight is 1000 g/mol. The molecule has 6 heteroatoms. The molecule has 14 rings (SSSR count). The molecule has 0 saturated carbocycles. The summed E-state index contributed by atoms with van der Waals surface area (Å²) in [7, 11) is 0. The van der Waals surface area contributed by atoms with E-state index in [4.69, 9.17) is 16.3 Å². The summed E-state index contributed by atoms with van der Waals surface area (Å²) in [5, 5.41) is 2.27. The van der Waals surface area contributed by atoms with Crippen LogP contribution in [0.5, 0.6) is 11.5 Å². The van der Waals surface area contributed by atoms with E-state index in [1.165, 1.54) is 5.56 Å². The lowest BCUT2D eigenvalue weighted by Crippen LogP contribution is -2.29. The second kappa shape index (κ2) is 18.4. The molecule has 1 atom stereocenters. The molecular weight excluding hydrogens is 951 g/mol. The lowest BCUT2D eigenvalue weighted by molar-refractivity contribution is 0.482. The normalized spacial score (nSPS) is 14.5. The van der Waals surface area contributed by atoms with E-state index in [9.17, 15) is 0 Å². The Morgan fingerprint density at radius 2 is 1.12 bits per heavy atom. The highest BCUT2D eigenvalue weighted by molar-refractivity contribution is 6.09. The maximum absolute atomic E-state index is 8.30. The fourth-order valence-corrected chi connectivity index (χ4v) is 12.4. The van der Waals surface area contributed by atoms with Crippen LogP contribution in [0.2, 0.25) is 0 Å². The van der Waals surface area contributed by atoms with E-state index >= 15 is 0 Å². The van der Waals surface area contributed by atoms with Crippen LogP contribution in [-0.2, 0) is 10.8 Å². The van der Waals surface area contributed by atoms with E-state index in [1.807, 2.05) is 12.3 Å². The zero-order valence-electron chi connectivity index (χ0n) is 43.6. The summed E-state index contributed by atoms with van der Waals surface area (Å²) in [6.07, 6.45) is 1.92. The van der Waals surface area contributed by atoms with Crippen molar-refractivity contribution in [1.82, 2.24) is 9.55 Å². The van der Waals surface area contributed by atoms with Crippen molar-refractivity contribution in [1.29, 1.82) is 0 Å². The van der Waals surface area contributed by atoms with Crippen molar-refractivity contribution in [2.24, 2.45) is 0 Å². The van der Waals surface area contributed by atoms with Crippen molar-refractivity contribution in [2.75, 3.05) is 16.5 Å². The minimum Gasteiger partial charge on any atom is -0.457 e. The van der Waals surface area contributed by atoms with Crippen LogP contribution in [0.1, 0.15) is 48.6 Å². The molecule has 0 spiro atoms. The van der Waals surface area contributed by atoms with Gasteiger partial charge >= 0.3 is 0 Å². The molecule has 0 N–H and O–H groups in total. The summed E-state index contributed by atoms with van der Waals surface area (Å²) >= 11 is 0. The van der Waals surface area contributed by atoms with Crippen LogP contribution in [0.25, 0.3) is 65.8 Å². The van der Waals surface area contributed by atoms with Crippen LogP contribution in [0, 0.1) is 6.57 Å². The standard InChI is InChI=1S/C72H53N5O/c1-71(2,3)51-39-40-74-69(43-51)77-65-32-17-15-28-61(65)62-38-36-55(46-68(62)77)78-56-42-52(72(50-25-12-7-13-26-50)63-31-16-14-27-59(63)60-37-35-53(73-4)44-64(60)72)41-54(45-56)75-47-76(67-34-19-18-33-66(67)75)70-57(48-21-8-5-9-22-48)29-20-30-58(70)49-23-10-6-11-24-49/h5-46H,47H2,1-3H3. The first kappa shape index (κ1) is 46.6. The van der Waals surface area contributed by atoms with Gasteiger partial charge in [-0.15, -0.1) is 0 Å². The molecule has 1 unspecified atom stereocenters.